The van der Waals surface area contributed by atoms with Crippen molar-refractivity contribution < 1.29 is 14.6 Å². The zero-order valence-electron chi connectivity index (χ0n) is 12.7. The van der Waals surface area contributed by atoms with Crippen LogP contribution in [0, 0.1) is 11.3 Å². The summed E-state index contributed by atoms with van der Waals surface area (Å²) in [5.41, 5.74) is 4.35. The van der Waals surface area contributed by atoms with E-state index in [0.717, 1.165) is 35.1 Å². The zero-order chi connectivity index (χ0) is 16.4. The minimum absolute atomic E-state index is 0.248. The van der Waals surface area contributed by atoms with E-state index in [1.165, 1.54) is 7.11 Å². The van der Waals surface area contributed by atoms with Crippen molar-refractivity contribution in [2.45, 2.75) is 12.8 Å². The molecule has 1 aliphatic rings. The molecule has 0 saturated carbocycles. The van der Waals surface area contributed by atoms with E-state index in [2.05, 4.69) is 12.1 Å². The Morgan fingerprint density at radius 3 is 2.78 bits per heavy atom. The molecule has 1 N–H and O–H groups in total. The Hall–Kier alpha value is -3.06. The number of aryl methyl sites for hydroxylation is 1. The summed E-state index contributed by atoms with van der Waals surface area (Å²) in [4.78, 5) is 11.3. The minimum atomic E-state index is -0.955. The predicted molar refractivity (Wildman–Crippen MR) is 86.5 cm³/mol. The van der Waals surface area contributed by atoms with Crippen LogP contribution in [0.4, 0.5) is 0 Å². The minimum Gasteiger partial charge on any atom is -0.495 e. The molecule has 0 bridgehead atoms. The Morgan fingerprint density at radius 1 is 1.26 bits per heavy atom. The van der Waals surface area contributed by atoms with Crippen LogP contribution in [-0.4, -0.2) is 18.2 Å². The fraction of sp³-hybridized carbons (Fsp3) is 0.158. The Labute approximate surface area is 134 Å². The highest BCUT2D eigenvalue weighted by molar-refractivity contribution is 5.92. The number of rotatable bonds is 3. The molecule has 0 saturated heterocycles. The van der Waals surface area contributed by atoms with Gasteiger partial charge in [0.25, 0.3) is 0 Å². The molecule has 3 rings (SSSR count). The summed E-state index contributed by atoms with van der Waals surface area (Å²) in [7, 11) is 1.53. The lowest BCUT2D eigenvalue weighted by molar-refractivity contribution is 0.0697. The number of allylic oxidation sites excluding steroid dienone is 1. The van der Waals surface area contributed by atoms with Gasteiger partial charge in [-0.1, -0.05) is 24.3 Å². The monoisotopic (exact) mass is 305 g/mol. The molecule has 2 aromatic rings. The first-order valence-electron chi connectivity index (χ1n) is 7.30. The molecule has 0 spiro atoms. The van der Waals surface area contributed by atoms with Crippen molar-refractivity contribution in [3.8, 4) is 11.8 Å². The third kappa shape index (κ3) is 2.58. The summed E-state index contributed by atoms with van der Waals surface area (Å²) in [5.74, 6) is -0.434. The average Bonchev–Trinajstić information content (AvgIpc) is 2.59. The molecular formula is C19H15NO3. The van der Waals surface area contributed by atoms with Gasteiger partial charge in [-0.3, -0.25) is 0 Å². The Morgan fingerprint density at radius 2 is 2.09 bits per heavy atom. The molecule has 4 nitrogen and oxygen atoms in total. The lowest BCUT2D eigenvalue weighted by Gasteiger charge is -2.20. The number of carboxylic acids is 1. The van der Waals surface area contributed by atoms with Gasteiger partial charge in [0.2, 0.25) is 0 Å². The highest BCUT2D eigenvalue weighted by Crippen LogP contribution is 2.36. The number of carboxylic acid groups (broad SMARTS) is 1. The summed E-state index contributed by atoms with van der Waals surface area (Å²) in [5, 5.41) is 18.7. The van der Waals surface area contributed by atoms with Gasteiger partial charge < -0.3 is 9.84 Å². The van der Waals surface area contributed by atoms with Crippen molar-refractivity contribution in [2.24, 2.45) is 0 Å². The molecule has 0 fully saturated rings. The highest BCUT2D eigenvalue weighted by atomic mass is 16.5. The smallest absolute Gasteiger partial charge is 0.335 e. The molecule has 0 atom stereocenters. The zero-order valence-corrected chi connectivity index (χ0v) is 12.7. The number of fused-ring (bicyclic) bond motifs is 1. The number of hydrogen-bond acceptors (Lipinski definition) is 3. The Bertz CT molecular complexity index is 859. The third-order valence-corrected chi connectivity index (χ3v) is 4.06. The molecular weight excluding hydrogens is 290 g/mol. The van der Waals surface area contributed by atoms with Crippen LogP contribution in [-0.2, 0) is 6.42 Å². The van der Waals surface area contributed by atoms with Crippen LogP contribution in [0.3, 0.4) is 0 Å². The van der Waals surface area contributed by atoms with Crippen molar-refractivity contribution in [3.05, 3.63) is 70.3 Å². The van der Waals surface area contributed by atoms with Gasteiger partial charge >= 0.3 is 5.97 Å². The van der Waals surface area contributed by atoms with Gasteiger partial charge in [0.15, 0.2) is 0 Å². The number of hydrogen-bond donors (Lipinski definition) is 1. The topological polar surface area (TPSA) is 70.3 Å². The molecule has 0 unspecified atom stereocenters. The third-order valence-electron chi connectivity index (χ3n) is 4.06. The Balaban J connectivity index is 2.21. The SMILES string of the molecule is COc1cccc(C2=CCCc3ccc(C(=O)O)cc32)c1C#N. The second kappa shape index (κ2) is 5.98. The molecule has 2 aromatic carbocycles. The van der Waals surface area contributed by atoms with E-state index in [1.54, 1.807) is 18.2 Å². The number of methoxy groups -OCH3 is 1. The summed E-state index contributed by atoms with van der Waals surface area (Å²) in [6.07, 6.45) is 3.78. The molecule has 1 aliphatic carbocycles. The van der Waals surface area contributed by atoms with E-state index in [9.17, 15) is 15.2 Å². The number of carbonyl (C=O) groups is 1. The number of aromatic carboxylic acids is 1. The van der Waals surface area contributed by atoms with E-state index >= 15 is 0 Å². The van der Waals surface area contributed by atoms with Crippen LogP contribution in [0.25, 0.3) is 5.57 Å². The maximum absolute atomic E-state index is 11.3. The van der Waals surface area contributed by atoms with Crippen LogP contribution in [0.2, 0.25) is 0 Å². The van der Waals surface area contributed by atoms with Crippen molar-refractivity contribution in [2.75, 3.05) is 7.11 Å². The van der Waals surface area contributed by atoms with Crippen molar-refractivity contribution in [3.63, 3.8) is 0 Å². The van der Waals surface area contributed by atoms with Crippen LogP contribution >= 0.6 is 0 Å². The molecule has 0 heterocycles. The van der Waals surface area contributed by atoms with Gasteiger partial charge in [0, 0.05) is 5.56 Å². The van der Waals surface area contributed by atoms with E-state index in [1.807, 2.05) is 18.2 Å². The first-order valence-corrected chi connectivity index (χ1v) is 7.30. The first-order chi connectivity index (χ1) is 11.2. The molecule has 23 heavy (non-hydrogen) atoms. The number of benzene rings is 2. The van der Waals surface area contributed by atoms with E-state index in [0.29, 0.717) is 11.3 Å². The van der Waals surface area contributed by atoms with Crippen LogP contribution in [0.1, 0.15) is 39.0 Å². The fourth-order valence-electron chi connectivity index (χ4n) is 2.96. The molecule has 0 radical (unpaired) electrons. The van der Waals surface area contributed by atoms with Gasteiger partial charge in [0.05, 0.1) is 12.7 Å². The number of nitrogens with zero attached hydrogens (tertiary/aromatic N) is 1. The van der Waals surface area contributed by atoms with Crippen LogP contribution in [0.5, 0.6) is 5.75 Å². The standard InChI is InChI=1S/C19H15NO3/c1-23-18-7-3-6-15(17(18)11-20)14-5-2-4-12-8-9-13(19(21)22)10-16(12)14/h3,5-10H,2,4H2,1H3,(H,21,22). The van der Waals surface area contributed by atoms with Gasteiger partial charge in [-0.05, 0) is 47.7 Å². The number of nitriles is 1. The Kier molecular flexibility index (Phi) is 3.86. The second-order valence-corrected chi connectivity index (χ2v) is 5.33. The van der Waals surface area contributed by atoms with E-state index in [-0.39, 0.29) is 5.56 Å². The fourth-order valence-corrected chi connectivity index (χ4v) is 2.96. The molecule has 4 heteroatoms. The van der Waals surface area contributed by atoms with Crippen molar-refractivity contribution in [1.29, 1.82) is 5.26 Å². The first kappa shape index (κ1) is 14.9. The lowest BCUT2D eigenvalue weighted by Crippen LogP contribution is -2.06. The van der Waals surface area contributed by atoms with Gasteiger partial charge in [-0.25, -0.2) is 4.79 Å². The highest BCUT2D eigenvalue weighted by Gasteiger charge is 2.20. The van der Waals surface area contributed by atoms with Gasteiger partial charge in [-0.2, -0.15) is 5.26 Å². The van der Waals surface area contributed by atoms with Gasteiger partial charge in [-0.15, -0.1) is 0 Å². The summed E-state index contributed by atoms with van der Waals surface area (Å²) >= 11 is 0. The summed E-state index contributed by atoms with van der Waals surface area (Å²) < 4.78 is 5.27. The molecule has 0 amide bonds. The average molecular weight is 305 g/mol. The number of ether oxygens (including phenoxy) is 1. The van der Waals surface area contributed by atoms with Crippen molar-refractivity contribution >= 4 is 11.5 Å². The van der Waals surface area contributed by atoms with E-state index < -0.39 is 5.97 Å². The normalized spacial score (nSPS) is 12.8. The molecule has 0 aliphatic heterocycles. The second-order valence-electron chi connectivity index (χ2n) is 5.33. The van der Waals surface area contributed by atoms with Gasteiger partial charge in [0.1, 0.15) is 17.4 Å². The quantitative estimate of drug-likeness (QED) is 0.939. The molecule has 0 aromatic heterocycles. The maximum atomic E-state index is 11.3. The van der Waals surface area contributed by atoms with E-state index in [4.69, 9.17) is 4.74 Å². The van der Waals surface area contributed by atoms with Crippen LogP contribution in [0.15, 0.2) is 42.5 Å². The van der Waals surface area contributed by atoms with Crippen LogP contribution < -0.4 is 4.74 Å². The predicted octanol–water partition coefficient (Wildman–Crippen LogP) is 3.64. The summed E-state index contributed by atoms with van der Waals surface area (Å²) in [6, 6.07) is 12.8. The van der Waals surface area contributed by atoms with Crippen molar-refractivity contribution in [1.82, 2.24) is 0 Å². The lowest BCUT2D eigenvalue weighted by atomic mass is 9.84. The molecule has 114 valence electrons. The largest absolute Gasteiger partial charge is 0.495 e. The maximum Gasteiger partial charge on any atom is 0.335 e. The summed E-state index contributed by atoms with van der Waals surface area (Å²) in [6.45, 7) is 0.